The molecule has 0 aromatic heterocycles. The number of aromatic hydroxyl groups is 1. The molecule has 0 fully saturated rings. The van der Waals surface area contributed by atoms with Crippen molar-refractivity contribution < 1.29 is 28.0 Å². The van der Waals surface area contributed by atoms with Gasteiger partial charge < -0.3 is 5.11 Å². The number of benzene rings is 1. The molecule has 1 aromatic rings. The van der Waals surface area contributed by atoms with E-state index in [-0.39, 0.29) is 4.92 Å². The van der Waals surface area contributed by atoms with Gasteiger partial charge in [-0.25, -0.2) is 4.84 Å². The third-order valence-electron chi connectivity index (χ3n) is 1.65. The molecule has 82 valence electrons. The number of hydrogen-bond acceptors (Lipinski definition) is 3. The van der Waals surface area contributed by atoms with E-state index >= 15 is 0 Å². The Labute approximate surface area is 82.4 Å². The minimum atomic E-state index is -4.73. The zero-order chi connectivity index (χ0) is 11.6. The fourth-order valence-corrected chi connectivity index (χ4v) is 1.01. The molecule has 0 aliphatic carbocycles. The van der Waals surface area contributed by atoms with E-state index in [1.807, 2.05) is 0 Å². The first-order valence-corrected chi connectivity index (χ1v) is 3.78. The highest BCUT2D eigenvalue weighted by atomic mass is 19.4. The lowest BCUT2D eigenvalue weighted by atomic mass is 10.1. The van der Waals surface area contributed by atoms with Crippen LogP contribution in [0.25, 0.3) is 0 Å². The SMILES string of the molecule is CO[N+](=O)c1ccc(O)cc1C(F)(F)F. The Kier molecular flexibility index (Phi) is 2.83. The Morgan fingerprint density at radius 1 is 1.40 bits per heavy atom. The van der Waals surface area contributed by atoms with Crippen LogP contribution in [0.4, 0.5) is 18.9 Å². The van der Waals surface area contributed by atoms with Gasteiger partial charge in [0.1, 0.15) is 11.3 Å². The number of hydrogen-bond donors (Lipinski definition) is 1. The van der Waals surface area contributed by atoms with E-state index in [1.165, 1.54) is 0 Å². The normalized spacial score (nSPS) is 11.2. The van der Waals surface area contributed by atoms with Gasteiger partial charge in [0.2, 0.25) is 0 Å². The largest absolute Gasteiger partial charge is 0.508 e. The first kappa shape index (κ1) is 11.3. The van der Waals surface area contributed by atoms with Gasteiger partial charge in [0, 0.05) is 6.07 Å². The molecule has 4 nitrogen and oxygen atoms in total. The van der Waals surface area contributed by atoms with Crippen molar-refractivity contribution in [2.75, 3.05) is 7.11 Å². The zero-order valence-electron chi connectivity index (χ0n) is 7.58. The quantitative estimate of drug-likeness (QED) is 0.781. The molecule has 15 heavy (non-hydrogen) atoms. The van der Waals surface area contributed by atoms with Crippen LogP contribution in [0.15, 0.2) is 18.2 Å². The summed E-state index contributed by atoms with van der Waals surface area (Å²) in [5.74, 6) is -0.574. The molecule has 0 atom stereocenters. The fourth-order valence-electron chi connectivity index (χ4n) is 1.01. The number of nitrogens with zero attached hydrogens (tertiary/aromatic N) is 1. The second-order valence-corrected chi connectivity index (χ2v) is 2.64. The lowest BCUT2D eigenvalue weighted by Gasteiger charge is -2.05. The molecule has 0 amide bonds. The van der Waals surface area contributed by atoms with E-state index < -0.39 is 23.2 Å². The van der Waals surface area contributed by atoms with Crippen molar-refractivity contribution in [1.82, 2.24) is 0 Å². The molecule has 0 aliphatic rings. The molecule has 0 radical (unpaired) electrons. The van der Waals surface area contributed by atoms with E-state index in [0.29, 0.717) is 6.07 Å². The summed E-state index contributed by atoms with van der Waals surface area (Å²) >= 11 is 0. The molecule has 0 unspecified atom stereocenters. The highest BCUT2D eigenvalue weighted by molar-refractivity contribution is 5.46. The third-order valence-corrected chi connectivity index (χ3v) is 1.65. The molecule has 0 aliphatic heterocycles. The first-order chi connectivity index (χ1) is 6.86. The molecule has 0 spiro atoms. The Bertz CT molecular complexity index is 389. The van der Waals surface area contributed by atoms with Crippen molar-refractivity contribution in [2.45, 2.75) is 6.18 Å². The van der Waals surface area contributed by atoms with Gasteiger partial charge in [-0.15, -0.1) is 0 Å². The highest BCUT2D eigenvalue weighted by Gasteiger charge is 2.40. The van der Waals surface area contributed by atoms with Gasteiger partial charge in [-0.05, 0) is 12.1 Å². The maximum Gasteiger partial charge on any atom is 0.423 e. The topological polar surface area (TPSA) is 49.5 Å². The summed E-state index contributed by atoms with van der Waals surface area (Å²) in [4.78, 5) is 14.7. The molecule has 1 aromatic carbocycles. The van der Waals surface area contributed by atoms with Gasteiger partial charge in [-0.3, -0.25) is 0 Å². The summed E-state index contributed by atoms with van der Waals surface area (Å²) < 4.78 is 37.2. The van der Waals surface area contributed by atoms with Gasteiger partial charge in [-0.1, -0.05) is 0 Å². The number of halogens is 3. The predicted octanol–water partition coefficient (Wildman–Crippen LogP) is 2.38. The zero-order valence-corrected chi connectivity index (χ0v) is 7.58. The number of rotatable bonds is 2. The van der Waals surface area contributed by atoms with Crippen LogP contribution >= 0.6 is 0 Å². The molecule has 7 heteroatoms. The minimum Gasteiger partial charge on any atom is -0.508 e. The number of alkyl halides is 3. The standard InChI is InChI=1S/C8H6F3NO3/c1-15-12(14)7-3-2-5(13)4-6(7)8(9,10)11/h2-4H,1H3/p+1. The maximum absolute atomic E-state index is 12.4. The third kappa shape index (κ3) is 2.36. The van der Waals surface area contributed by atoms with Crippen LogP contribution in [-0.4, -0.2) is 17.1 Å². The van der Waals surface area contributed by atoms with Gasteiger partial charge in [0.25, 0.3) is 4.92 Å². The average Bonchev–Trinajstić information content (AvgIpc) is 2.15. The van der Waals surface area contributed by atoms with E-state index in [9.17, 15) is 18.1 Å². The lowest BCUT2D eigenvalue weighted by molar-refractivity contribution is -0.737. The van der Waals surface area contributed by atoms with Crippen LogP contribution in [0, 0.1) is 4.91 Å². The Hall–Kier alpha value is -1.79. The van der Waals surface area contributed by atoms with Crippen LogP contribution in [0.3, 0.4) is 0 Å². The minimum absolute atomic E-state index is 0.276. The highest BCUT2D eigenvalue weighted by Crippen LogP contribution is 2.37. The predicted molar refractivity (Wildman–Crippen MR) is 43.4 cm³/mol. The monoisotopic (exact) mass is 222 g/mol. The van der Waals surface area contributed by atoms with Crippen LogP contribution in [0.5, 0.6) is 5.75 Å². The van der Waals surface area contributed by atoms with E-state index in [0.717, 1.165) is 19.2 Å². The van der Waals surface area contributed by atoms with Crippen molar-refractivity contribution in [3.05, 3.63) is 28.7 Å². The lowest BCUT2D eigenvalue weighted by Crippen LogP contribution is -2.10. The van der Waals surface area contributed by atoms with E-state index in [4.69, 9.17) is 5.11 Å². The Morgan fingerprint density at radius 2 is 2.00 bits per heavy atom. The van der Waals surface area contributed by atoms with Crippen molar-refractivity contribution >= 4 is 5.69 Å². The molecular formula is C8H7F3NO3+. The molecule has 0 bridgehead atoms. The second-order valence-electron chi connectivity index (χ2n) is 2.64. The molecule has 1 N–H and O–H groups in total. The van der Waals surface area contributed by atoms with Crippen LogP contribution in [-0.2, 0) is 11.0 Å². The molecule has 1 rings (SSSR count). The van der Waals surface area contributed by atoms with Gasteiger partial charge in [0.05, 0.1) is 4.91 Å². The summed E-state index contributed by atoms with van der Waals surface area (Å²) in [6.07, 6.45) is -4.73. The molecule has 0 heterocycles. The van der Waals surface area contributed by atoms with Crippen molar-refractivity contribution in [1.29, 1.82) is 0 Å². The number of phenols is 1. The molecule has 0 saturated carbocycles. The van der Waals surface area contributed by atoms with Gasteiger partial charge in [-0.2, -0.15) is 13.2 Å². The average molecular weight is 222 g/mol. The van der Waals surface area contributed by atoms with Crippen LogP contribution in [0.1, 0.15) is 5.56 Å². The summed E-state index contributed by atoms with van der Waals surface area (Å²) in [5, 5.41) is 8.89. The second kappa shape index (κ2) is 3.76. The fraction of sp³-hybridized carbons (Fsp3) is 0.250. The van der Waals surface area contributed by atoms with Crippen molar-refractivity contribution in [3.63, 3.8) is 0 Å². The van der Waals surface area contributed by atoms with E-state index in [1.54, 1.807) is 0 Å². The molecule has 0 saturated heterocycles. The van der Waals surface area contributed by atoms with Crippen LogP contribution < -0.4 is 0 Å². The Balaban J connectivity index is 3.33. The van der Waals surface area contributed by atoms with Gasteiger partial charge >= 0.3 is 11.9 Å². The van der Waals surface area contributed by atoms with Crippen molar-refractivity contribution in [2.24, 2.45) is 0 Å². The van der Waals surface area contributed by atoms with Crippen LogP contribution in [0.2, 0.25) is 0 Å². The summed E-state index contributed by atoms with van der Waals surface area (Å²) in [7, 11) is 0.944. The Morgan fingerprint density at radius 3 is 2.47 bits per heavy atom. The molecular weight excluding hydrogens is 215 g/mol. The summed E-state index contributed by atoms with van der Waals surface area (Å²) in [6, 6.07) is 2.25. The summed E-state index contributed by atoms with van der Waals surface area (Å²) in [5.41, 5.74) is -1.96. The summed E-state index contributed by atoms with van der Waals surface area (Å²) in [6.45, 7) is 0. The van der Waals surface area contributed by atoms with E-state index in [2.05, 4.69) is 4.84 Å². The number of phenolic OH excluding ortho intramolecular Hbond substituents is 1. The first-order valence-electron chi connectivity index (χ1n) is 3.78. The van der Waals surface area contributed by atoms with Gasteiger partial charge in [0.15, 0.2) is 7.11 Å². The smallest absolute Gasteiger partial charge is 0.423 e. The maximum atomic E-state index is 12.4. The van der Waals surface area contributed by atoms with Crippen molar-refractivity contribution in [3.8, 4) is 5.75 Å².